The summed E-state index contributed by atoms with van der Waals surface area (Å²) >= 11 is 0. The largest absolute Gasteiger partial charge is 0.308 e. The molecule has 2 heterocycles. The number of nitrogens with one attached hydrogen (secondary N) is 1. The number of pyridine rings is 1. The number of fused-ring (bicyclic) bond motifs is 1. The van der Waals surface area contributed by atoms with Crippen molar-refractivity contribution in [2.45, 2.75) is 19.9 Å². The first-order valence-electron chi connectivity index (χ1n) is 4.86. The van der Waals surface area contributed by atoms with Crippen LogP contribution in [0.1, 0.15) is 25.7 Å². The second-order valence-corrected chi connectivity index (χ2v) is 3.27. The second-order valence-electron chi connectivity index (χ2n) is 3.27. The van der Waals surface area contributed by atoms with Crippen molar-refractivity contribution in [1.82, 2.24) is 19.9 Å². The van der Waals surface area contributed by atoms with Gasteiger partial charge in [0.25, 0.3) is 0 Å². The van der Waals surface area contributed by atoms with E-state index in [1.165, 1.54) is 0 Å². The number of rotatable bonds is 3. The Hall–Kier alpha value is -1.42. The highest BCUT2D eigenvalue weighted by atomic mass is 15.3. The first-order chi connectivity index (χ1) is 6.83. The van der Waals surface area contributed by atoms with Gasteiger partial charge in [0.15, 0.2) is 11.5 Å². The summed E-state index contributed by atoms with van der Waals surface area (Å²) < 4.78 is 2.01. The fourth-order valence-corrected chi connectivity index (χ4v) is 1.55. The van der Waals surface area contributed by atoms with Crippen LogP contribution in [-0.4, -0.2) is 21.1 Å². The molecule has 2 aromatic heterocycles. The van der Waals surface area contributed by atoms with Crippen LogP contribution in [0, 0.1) is 0 Å². The summed E-state index contributed by atoms with van der Waals surface area (Å²) in [4.78, 5) is 0. The van der Waals surface area contributed by atoms with Crippen molar-refractivity contribution in [2.75, 3.05) is 6.54 Å². The van der Waals surface area contributed by atoms with E-state index >= 15 is 0 Å². The zero-order chi connectivity index (χ0) is 9.97. The average Bonchev–Trinajstić information content (AvgIpc) is 2.61. The highest BCUT2D eigenvalue weighted by Crippen LogP contribution is 2.10. The molecule has 14 heavy (non-hydrogen) atoms. The Morgan fingerprint density at radius 3 is 3.07 bits per heavy atom. The van der Waals surface area contributed by atoms with Gasteiger partial charge in [-0.3, -0.25) is 4.40 Å². The van der Waals surface area contributed by atoms with Crippen LogP contribution < -0.4 is 5.32 Å². The summed E-state index contributed by atoms with van der Waals surface area (Å²) in [5.74, 6) is 0.961. The van der Waals surface area contributed by atoms with Gasteiger partial charge in [0.2, 0.25) is 0 Å². The number of nitrogens with zero attached hydrogens (tertiary/aromatic N) is 3. The van der Waals surface area contributed by atoms with Crippen molar-refractivity contribution in [3.8, 4) is 0 Å². The molecule has 0 aliphatic rings. The van der Waals surface area contributed by atoms with Gasteiger partial charge in [-0.1, -0.05) is 13.0 Å². The van der Waals surface area contributed by atoms with E-state index in [2.05, 4.69) is 29.4 Å². The lowest BCUT2D eigenvalue weighted by Crippen LogP contribution is -2.20. The molecule has 0 saturated carbocycles. The summed E-state index contributed by atoms with van der Waals surface area (Å²) in [6, 6.07) is 6.14. The molecule has 0 aliphatic heterocycles. The van der Waals surface area contributed by atoms with E-state index in [1.54, 1.807) is 0 Å². The molecule has 1 N–H and O–H groups in total. The van der Waals surface area contributed by atoms with E-state index in [-0.39, 0.29) is 6.04 Å². The van der Waals surface area contributed by atoms with Gasteiger partial charge in [-0.25, -0.2) is 0 Å². The van der Waals surface area contributed by atoms with Crippen molar-refractivity contribution in [3.05, 3.63) is 30.2 Å². The van der Waals surface area contributed by atoms with Gasteiger partial charge in [-0.15, -0.1) is 10.2 Å². The fraction of sp³-hybridized carbons (Fsp3) is 0.400. The molecule has 4 heteroatoms. The SMILES string of the molecule is CCN[C@@H](C)c1nnc2ccccn12. The lowest BCUT2D eigenvalue weighted by Gasteiger charge is -2.09. The van der Waals surface area contributed by atoms with Crippen LogP contribution in [0.5, 0.6) is 0 Å². The predicted octanol–water partition coefficient (Wildman–Crippen LogP) is 1.40. The van der Waals surface area contributed by atoms with E-state index < -0.39 is 0 Å². The standard InChI is InChI=1S/C10H14N4/c1-3-11-8(2)10-13-12-9-6-4-5-7-14(9)10/h4-8,11H,3H2,1-2H3/t8-/m0/s1. The fourth-order valence-electron chi connectivity index (χ4n) is 1.55. The van der Waals surface area contributed by atoms with Crippen molar-refractivity contribution >= 4 is 5.65 Å². The summed E-state index contributed by atoms with van der Waals surface area (Å²) in [5, 5.41) is 11.6. The quantitative estimate of drug-likeness (QED) is 0.795. The summed E-state index contributed by atoms with van der Waals surface area (Å²) in [5.41, 5.74) is 0.896. The summed E-state index contributed by atoms with van der Waals surface area (Å²) in [6.07, 6.45) is 1.98. The third-order valence-corrected chi connectivity index (χ3v) is 2.24. The molecule has 0 fully saturated rings. The zero-order valence-electron chi connectivity index (χ0n) is 8.44. The maximum absolute atomic E-state index is 4.16. The first-order valence-corrected chi connectivity index (χ1v) is 4.86. The molecule has 0 saturated heterocycles. The molecule has 2 aromatic rings. The van der Waals surface area contributed by atoms with Crippen molar-refractivity contribution in [2.24, 2.45) is 0 Å². The molecule has 74 valence electrons. The second kappa shape index (κ2) is 3.75. The molecule has 1 atom stereocenters. The molecule has 0 bridgehead atoms. The molecule has 0 radical (unpaired) electrons. The lowest BCUT2D eigenvalue weighted by atomic mass is 10.3. The number of hydrogen-bond acceptors (Lipinski definition) is 3. The normalized spacial score (nSPS) is 13.3. The van der Waals surface area contributed by atoms with Crippen LogP contribution in [0.3, 0.4) is 0 Å². The summed E-state index contributed by atoms with van der Waals surface area (Å²) in [6.45, 7) is 5.11. The Morgan fingerprint density at radius 2 is 2.29 bits per heavy atom. The molecule has 0 unspecified atom stereocenters. The van der Waals surface area contributed by atoms with Gasteiger partial charge in [-0.05, 0) is 25.6 Å². The van der Waals surface area contributed by atoms with Crippen LogP contribution in [0.25, 0.3) is 5.65 Å². The first kappa shape index (κ1) is 9.15. The van der Waals surface area contributed by atoms with Gasteiger partial charge in [0.1, 0.15) is 0 Å². The zero-order valence-corrected chi connectivity index (χ0v) is 8.44. The molecule has 0 aromatic carbocycles. The van der Waals surface area contributed by atoms with Crippen LogP contribution in [0.2, 0.25) is 0 Å². The van der Waals surface area contributed by atoms with E-state index in [0.717, 1.165) is 18.0 Å². The molecule has 2 rings (SSSR count). The van der Waals surface area contributed by atoms with E-state index in [9.17, 15) is 0 Å². The van der Waals surface area contributed by atoms with Gasteiger partial charge in [-0.2, -0.15) is 0 Å². The molecule has 0 spiro atoms. The van der Waals surface area contributed by atoms with Crippen molar-refractivity contribution < 1.29 is 0 Å². The van der Waals surface area contributed by atoms with Gasteiger partial charge >= 0.3 is 0 Å². The number of aromatic nitrogens is 3. The molecular weight excluding hydrogens is 176 g/mol. The minimum Gasteiger partial charge on any atom is -0.308 e. The van der Waals surface area contributed by atoms with E-state index in [0.29, 0.717) is 0 Å². The lowest BCUT2D eigenvalue weighted by molar-refractivity contribution is 0.561. The molecular formula is C10H14N4. The Labute approximate surface area is 83.0 Å². The minimum atomic E-state index is 0.234. The maximum atomic E-state index is 4.16. The Bertz CT molecular complexity index is 421. The van der Waals surface area contributed by atoms with Crippen LogP contribution in [0.15, 0.2) is 24.4 Å². The van der Waals surface area contributed by atoms with E-state index in [1.807, 2.05) is 28.8 Å². The Kier molecular flexibility index (Phi) is 2.45. The third-order valence-electron chi connectivity index (χ3n) is 2.24. The van der Waals surface area contributed by atoms with Gasteiger partial charge < -0.3 is 5.32 Å². The maximum Gasteiger partial charge on any atom is 0.160 e. The highest BCUT2D eigenvalue weighted by molar-refractivity contribution is 5.37. The average molecular weight is 190 g/mol. The Morgan fingerprint density at radius 1 is 1.43 bits per heavy atom. The molecule has 4 nitrogen and oxygen atoms in total. The molecule has 0 aliphatic carbocycles. The monoisotopic (exact) mass is 190 g/mol. The third kappa shape index (κ3) is 1.48. The van der Waals surface area contributed by atoms with Gasteiger partial charge in [0.05, 0.1) is 6.04 Å². The van der Waals surface area contributed by atoms with E-state index in [4.69, 9.17) is 0 Å². The molecule has 0 amide bonds. The summed E-state index contributed by atoms with van der Waals surface area (Å²) in [7, 11) is 0. The van der Waals surface area contributed by atoms with Crippen LogP contribution in [0.4, 0.5) is 0 Å². The van der Waals surface area contributed by atoms with Gasteiger partial charge in [0, 0.05) is 6.20 Å². The minimum absolute atomic E-state index is 0.234. The van der Waals surface area contributed by atoms with Crippen LogP contribution >= 0.6 is 0 Å². The predicted molar refractivity (Wildman–Crippen MR) is 55.1 cm³/mol. The topological polar surface area (TPSA) is 42.2 Å². The van der Waals surface area contributed by atoms with Crippen molar-refractivity contribution in [3.63, 3.8) is 0 Å². The Balaban J connectivity index is 2.42. The van der Waals surface area contributed by atoms with Crippen LogP contribution in [-0.2, 0) is 0 Å². The highest BCUT2D eigenvalue weighted by Gasteiger charge is 2.10. The van der Waals surface area contributed by atoms with Crippen molar-refractivity contribution in [1.29, 1.82) is 0 Å². The number of hydrogen-bond donors (Lipinski definition) is 1. The smallest absolute Gasteiger partial charge is 0.160 e.